The number of nitrogens with zero attached hydrogens (tertiary/aromatic N) is 1. The summed E-state index contributed by atoms with van der Waals surface area (Å²) >= 11 is 0. The van der Waals surface area contributed by atoms with Gasteiger partial charge < -0.3 is 9.32 Å². The molecular formula is C50H37NO. The van der Waals surface area contributed by atoms with Crippen molar-refractivity contribution in [2.24, 2.45) is 0 Å². The van der Waals surface area contributed by atoms with Crippen LogP contribution in [0.25, 0.3) is 65.7 Å². The topological polar surface area (TPSA) is 16.4 Å². The fraction of sp³-hybridized carbons (Fsp3) is 0.120. The van der Waals surface area contributed by atoms with Gasteiger partial charge in [-0.15, -0.1) is 0 Å². The number of rotatable bonds is 3. The van der Waals surface area contributed by atoms with Crippen LogP contribution in [0.4, 0.5) is 17.1 Å². The molecule has 0 unspecified atom stereocenters. The number of benzene rings is 8. The zero-order valence-corrected chi connectivity index (χ0v) is 29.8. The molecule has 52 heavy (non-hydrogen) atoms. The van der Waals surface area contributed by atoms with Crippen molar-refractivity contribution >= 4 is 60.5 Å². The molecule has 2 aliphatic rings. The van der Waals surface area contributed by atoms with Crippen LogP contribution in [0.5, 0.6) is 0 Å². The zero-order chi connectivity index (χ0) is 34.9. The van der Waals surface area contributed by atoms with Crippen molar-refractivity contribution in [3.8, 4) is 22.3 Å². The molecule has 0 amide bonds. The van der Waals surface area contributed by atoms with E-state index in [-0.39, 0.29) is 10.8 Å². The maximum Gasteiger partial charge on any atom is 0.136 e. The summed E-state index contributed by atoms with van der Waals surface area (Å²) in [7, 11) is 0. The van der Waals surface area contributed by atoms with E-state index in [1.807, 2.05) is 6.07 Å². The predicted octanol–water partition coefficient (Wildman–Crippen LogP) is 14.0. The number of para-hydroxylation sites is 2. The molecule has 2 heteroatoms. The smallest absolute Gasteiger partial charge is 0.136 e. The van der Waals surface area contributed by atoms with E-state index >= 15 is 0 Å². The van der Waals surface area contributed by atoms with Crippen molar-refractivity contribution in [2.75, 3.05) is 4.90 Å². The summed E-state index contributed by atoms with van der Waals surface area (Å²) in [6.45, 7) is 9.54. The highest BCUT2D eigenvalue weighted by Crippen LogP contribution is 2.57. The van der Waals surface area contributed by atoms with Crippen LogP contribution in [0, 0.1) is 0 Å². The first-order valence-corrected chi connectivity index (χ1v) is 18.4. The average molecular weight is 668 g/mol. The van der Waals surface area contributed by atoms with Crippen LogP contribution >= 0.6 is 0 Å². The summed E-state index contributed by atoms with van der Waals surface area (Å²) in [5.74, 6) is 0. The third-order valence-corrected chi connectivity index (χ3v) is 12.2. The molecule has 0 aliphatic heterocycles. The summed E-state index contributed by atoms with van der Waals surface area (Å²) in [6, 6.07) is 56.0. The van der Waals surface area contributed by atoms with Crippen LogP contribution in [0.3, 0.4) is 0 Å². The van der Waals surface area contributed by atoms with E-state index in [1.165, 1.54) is 82.5 Å². The Kier molecular flexibility index (Phi) is 5.83. The molecule has 1 heterocycles. The van der Waals surface area contributed by atoms with Crippen molar-refractivity contribution in [1.82, 2.24) is 0 Å². The molecule has 0 fully saturated rings. The highest BCUT2D eigenvalue weighted by atomic mass is 16.3. The lowest BCUT2D eigenvalue weighted by Gasteiger charge is -2.30. The lowest BCUT2D eigenvalue weighted by Crippen LogP contribution is -2.17. The minimum atomic E-state index is -0.197. The minimum Gasteiger partial charge on any atom is -0.456 e. The molecule has 1 aromatic heterocycles. The van der Waals surface area contributed by atoms with Gasteiger partial charge in [0.1, 0.15) is 11.2 Å². The summed E-state index contributed by atoms with van der Waals surface area (Å²) in [5, 5.41) is 7.51. The fourth-order valence-electron chi connectivity index (χ4n) is 9.71. The molecule has 0 N–H and O–H groups in total. The van der Waals surface area contributed by atoms with Crippen LogP contribution in [0.15, 0.2) is 156 Å². The number of furan rings is 1. The van der Waals surface area contributed by atoms with Gasteiger partial charge in [-0.2, -0.15) is 0 Å². The largest absolute Gasteiger partial charge is 0.456 e. The first kappa shape index (κ1) is 29.6. The standard InChI is InChI=1S/C50H37NO/c1-49(2)42-26-32(23-24-34(42)38-29-46-39(27-43(38)49)36-19-12-13-21-45(36)52-46)51(31-15-6-5-7-16-31)44-28-40-47-33-17-9-8-14-30(33)22-25-41(47)50(3,4)48(40)37-20-11-10-18-35(37)44/h5-29H,1-4H3. The third kappa shape index (κ3) is 3.84. The van der Waals surface area contributed by atoms with Gasteiger partial charge >= 0.3 is 0 Å². The van der Waals surface area contributed by atoms with Crippen molar-refractivity contribution < 1.29 is 4.42 Å². The van der Waals surface area contributed by atoms with E-state index in [1.54, 1.807) is 0 Å². The van der Waals surface area contributed by atoms with Crippen LogP contribution < -0.4 is 4.90 Å². The van der Waals surface area contributed by atoms with E-state index in [0.29, 0.717) is 0 Å². The van der Waals surface area contributed by atoms with E-state index in [4.69, 9.17) is 4.42 Å². The van der Waals surface area contributed by atoms with Gasteiger partial charge in [-0.3, -0.25) is 0 Å². The van der Waals surface area contributed by atoms with Gasteiger partial charge in [0.2, 0.25) is 0 Å². The SMILES string of the molecule is CC1(C)c2cc(N(c3ccccc3)c3cc4c(c5ccccc35)C(C)(C)c3ccc5ccccc5c3-4)ccc2-c2cc3oc4ccccc4c3cc21. The molecule has 2 nitrogen and oxygen atoms in total. The second kappa shape index (κ2) is 10.2. The Bertz CT molecular complexity index is 2960. The molecule has 0 atom stereocenters. The molecule has 2 aliphatic carbocycles. The summed E-state index contributed by atoms with van der Waals surface area (Å²) in [6.07, 6.45) is 0. The van der Waals surface area contributed by atoms with E-state index in [0.717, 1.165) is 22.5 Å². The predicted molar refractivity (Wildman–Crippen MR) is 219 cm³/mol. The Balaban J connectivity index is 1.17. The quantitative estimate of drug-likeness (QED) is 0.186. The van der Waals surface area contributed by atoms with Crippen molar-refractivity contribution in [3.63, 3.8) is 0 Å². The van der Waals surface area contributed by atoms with E-state index < -0.39 is 0 Å². The van der Waals surface area contributed by atoms with Gasteiger partial charge in [0, 0.05) is 38.4 Å². The Hall–Kier alpha value is -6.12. The molecule has 0 spiro atoms. The molecule has 0 radical (unpaired) electrons. The van der Waals surface area contributed by atoms with Crippen LogP contribution in [0.1, 0.15) is 49.9 Å². The van der Waals surface area contributed by atoms with Gasteiger partial charge in [-0.25, -0.2) is 0 Å². The van der Waals surface area contributed by atoms with Crippen LogP contribution in [0.2, 0.25) is 0 Å². The minimum absolute atomic E-state index is 0.141. The highest BCUT2D eigenvalue weighted by Gasteiger charge is 2.40. The van der Waals surface area contributed by atoms with Gasteiger partial charge in [0.05, 0.1) is 5.69 Å². The maximum absolute atomic E-state index is 6.37. The number of hydrogen-bond acceptors (Lipinski definition) is 2. The lowest BCUT2D eigenvalue weighted by molar-refractivity contribution is 0.658. The van der Waals surface area contributed by atoms with Crippen molar-refractivity contribution in [3.05, 3.63) is 174 Å². The van der Waals surface area contributed by atoms with Gasteiger partial charge in [0.25, 0.3) is 0 Å². The third-order valence-electron chi connectivity index (χ3n) is 12.2. The maximum atomic E-state index is 6.37. The molecule has 0 saturated heterocycles. The second-order valence-corrected chi connectivity index (χ2v) is 15.7. The highest BCUT2D eigenvalue weighted by molar-refractivity contribution is 6.12. The number of anilines is 3. The number of hydrogen-bond donors (Lipinski definition) is 0. The van der Waals surface area contributed by atoms with E-state index in [2.05, 4.69) is 178 Å². The molecule has 0 saturated carbocycles. The molecule has 11 rings (SSSR count). The Morgan fingerprint density at radius 3 is 1.94 bits per heavy atom. The average Bonchev–Trinajstić information content (AvgIpc) is 3.73. The lowest BCUT2D eigenvalue weighted by atomic mass is 9.79. The van der Waals surface area contributed by atoms with Gasteiger partial charge in [-0.1, -0.05) is 131 Å². The van der Waals surface area contributed by atoms with Crippen LogP contribution in [-0.4, -0.2) is 0 Å². The molecule has 8 aromatic carbocycles. The first-order chi connectivity index (χ1) is 25.3. The monoisotopic (exact) mass is 667 g/mol. The second-order valence-electron chi connectivity index (χ2n) is 15.7. The van der Waals surface area contributed by atoms with Gasteiger partial charge in [-0.05, 0) is 109 Å². The zero-order valence-electron chi connectivity index (χ0n) is 29.8. The van der Waals surface area contributed by atoms with Crippen LogP contribution in [-0.2, 0) is 10.8 Å². The van der Waals surface area contributed by atoms with E-state index in [9.17, 15) is 0 Å². The molecule has 0 bridgehead atoms. The Morgan fingerprint density at radius 2 is 1.12 bits per heavy atom. The van der Waals surface area contributed by atoms with Gasteiger partial charge in [0.15, 0.2) is 0 Å². The fourth-order valence-corrected chi connectivity index (χ4v) is 9.71. The Labute approximate surface area is 303 Å². The number of fused-ring (bicyclic) bond motifs is 13. The molecule has 9 aromatic rings. The first-order valence-electron chi connectivity index (χ1n) is 18.4. The van der Waals surface area contributed by atoms with Crippen molar-refractivity contribution in [2.45, 2.75) is 38.5 Å². The van der Waals surface area contributed by atoms with Crippen molar-refractivity contribution in [1.29, 1.82) is 0 Å². The molecular weight excluding hydrogens is 631 g/mol. The molecule has 248 valence electrons. The summed E-state index contributed by atoms with van der Waals surface area (Å²) < 4.78 is 6.37. The summed E-state index contributed by atoms with van der Waals surface area (Å²) in [5.41, 5.74) is 15.7. The normalized spacial score (nSPS) is 14.8. The Morgan fingerprint density at radius 1 is 0.423 bits per heavy atom. The summed E-state index contributed by atoms with van der Waals surface area (Å²) in [4.78, 5) is 2.48.